The lowest BCUT2D eigenvalue weighted by molar-refractivity contribution is -0.0267. The first-order chi connectivity index (χ1) is 15.5. The zero-order chi connectivity index (χ0) is 22.2. The van der Waals surface area contributed by atoms with E-state index in [1.54, 1.807) is 0 Å². The highest BCUT2D eigenvalue weighted by Crippen LogP contribution is 2.33. The van der Waals surface area contributed by atoms with Crippen LogP contribution < -0.4 is 4.90 Å². The van der Waals surface area contributed by atoms with Crippen molar-refractivity contribution in [3.63, 3.8) is 0 Å². The van der Waals surface area contributed by atoms with Crippen LogP contribution in [0.1, 0.15) is 19.8 Å². The van der Waals surface area contributed by atoms with Gasteiger partial charge in [-0.25, -0.2) is 9.97 Å². The molecule has 0 N–H and O–H groups in total. The number of halogens is 1. The van der Waals surface area contributed by atoms with Crippen LogP contribution in [0.3, 0.4) is 0 Å². The monoisotopic (exact) mass is 451 g/mol. The molecule has 3 atom stereocenters. The number of ether oxygens (including phenoxy) is 1. The highest BCUT2D eigenvalue weighted by Gasteiger charge is 2.29. The van der Waals surface area contributed by atoms with Crippen LogP contribution in [0, 0.1) is 0 Å². The summed E-state index contributed by atoms with van der Waals surface area (Å²) < 4.78 is 8.29. The lowest BCUT2D eigenvalue weighted by Crippen LogP contribution is -2.42. The molecule has 0 radical (unpaired) electrons. The summed E-state index contributed by atoms with van der Waals surface area (Å²) in [6.07, 6.45) is 6.35. The fraction of sp³-hybridized carbons (Fsp3) is 0.440. The molecule has 2 aromatic heterocycles. The second-order valence-corrected chi connectivity index (χ2v) is 9.36. The molecule has 168 valence electrons. The number of para-hydroxylation sites is 1. The highest BCUT2D eigenvalue weighted by atomic mass is 35.5. The smallest absolute Gasteiger partial charge is 0.142 e. The predicted molar refractivity (Wildman–Crippen MR) is 130 cm³/mol. The third-order valence-corrected chi connectivity index (χ3v) is 7.02. The lowest BCUT2D eigenvalue weighted by Gasteiger charge is -2.30. The van der Waals surface area contributed by atoms with Gasteiger partial charge in [-0.15, -0.1) is 6.58 Å². The van der Waals surface area contributed by atoms with Crippen molar-refractivity contribution in [1.29, 1.82) is 0 Å². The van der Waals surface area contributed by atoms with Crippen LogP contribution in [0.2, 0.25) is 5.02 Å². The third-order valence-electron chi connectivity index (χ3n) is 6.71. The quantitative estimate of drug-likeness (QED) is 0.529. The molecular formula is C25H30ClN5O. The van der Waals surface area contributed by atoms with Crippen LogP contribution in [0.25, 0.3) is 22.4 Å². The van der Waals surface area contributed by atoms with Gasteiger partial charge in [0.25, 0.3) is 0 Å². The minimum absolute atomic E-state index is 0.106. The normalized spacial score (nSPS) is 24.3. The van der Waals surface area contributed by atoms with Gasteiger partial charge in [0.1, 0.15) is 17.2 Å². The van der Waals surface area contributed by atoms with Gasteiger partial charge in [0.15, 0.2) is 0 Å². The van der Waals surface area contributed by atoms with Crippen molar-refractivity contribution in [1.82, 2.24) is 19.4 Å². The molecule has 3 aromatic rings. The number of likely N-dealkylation sites (N-methyl/N-ethyl adjacent to an activating group) is 1. The minimum Gasteiger partial charge on any atom is -0.374 e. The predicted octanol–water partition coefficient (Wildman–Crippen LogP) is 4.63. The number of benzene rings is 1. The maximum Gasteiger partial charge on any atom is 0.142 e. The number of aromatic nitrogens is 3. The molecule has 2 aliphatic rings. The van der Waals surface area contributed by atoms with Crippen molar-refractivity contribution in [3.8, 4) is 11.4 Å². The highest BCUT2D eigenvalue weighted by molar-refractivity contribution is 6.35. The Morgan fingerprint density at radius 1 is 1.25 bits per heavy atom. The van der Waals surface area contributed by atoms with E-state index in [2.05, 4.69) is 53.1 Å². The SMILES string of the molecule is C=C[C@H]1CC[C@H](C)N1c1ccc(-c2nc3c(Cl)cccc3n2C[C@@H]2CN(C)CCO2)cn1. The maximum atomic E-state index is 6.51. The summed E-state index contributed by atoms with van der Waals surface area (Å²) in [5.74, 6) is 1.86. The van der Waals surface area contributed by atoms with Crippen LogP contribution >= 0.6 is 11.6 Å². The molecule has 1 aromatic carbocycles. The van der Waals surface area contributed by atoms with Gasteiger partial charge in [0.05, 0.1) is 29.8 Å². The zero-order valence-corrected chi connectivity index (χ0v) is 19.5. The molecule has 0 aliphatic carbocycles. The lowest BCUT2D eigenvalue weighted by atomic mass is 10.2. The van der Waals surface area contributed by atoms with Crippen LogP contribution in [0.5, 0.6) is 0 Å². The van der Waals surface area contributed by atoms with E-state index in [1.807, 2.05) is 24.4 Å². The molecule has 0 unspecified atom stereocenters. The number of morpholine rings is 1. The van der Waals surface area contributed by atoms with Gasteiger partial charge < -0.3 is 19.1 Å². The van der Waals surface area contributed by atoms with Gasteiger partial charge in [0.2, 0.25) is 0 Å². The first-order valence-electron chi connectivity index (χ1n) is 11.4. The second-order valence-electron chi connectivity index (χ2n) is 8.95. The van der Waals surface area contributed by atoms with E-state index in [0.29, 0.717) is 17.1 Å². The Bertz CT molecular complexity index is 1110. The standard InChI is InChI=1S/C25H30ClN5O/c1-4-19-10-8-17(2)31(19)23-11-9-18(14-27-23)25-28-24-21(26)6-5-7-22(24)30(25)16-20-15-29(3)12-13-32-20/h4-7,9,11,14,17,19-20H,1,8,10,12-13,15-16H2,2-3H3/t17-,19-,20-/m0/s1. The summed E-state index contributed by atoms with van der Waals surface area (Å²) in [6, 6.07) is 11.0. The first-order valence-corrected chi connectivity index (χ1v) is 11.7. The summed E-state index contributed by atoms with van der Waals surface area (Å²) in [5.41, 5.74) is 2.82. The second kappa shape index (κ2) is 8.85. The van der Waals surface area contributed by atoms with Gasteiger partial charge in [-0.2, -0.15) is 0 Å². The molecule has 2 aliphatic heterocycles. The molecule has 2 fully saturated rings. The van der Waals surface area contributed by atoms with Gasteiger partial charge in [0, 0.05) is 36.9 Å². The van der Waals surface area contributed by atoms with E-state index in [4.69, 9.17) is 26.3 Å². The number of rotatable bonds is 5. The number of hydrogen-bond acceptors (Lipinski definition) is 5. The molecule has 5 rings (SSSR count). The molecular weight excluding hydrogens is 422 g/mol. The molecule has 0 bridgehead atoms. The van der Waals surface area contributed by atoms with Crippen molar-refractivity contribution in [2.45, 2.75) is 44.5 Å². The number of fused-ring (bicyclic) bond motifs is 1. The van der Waals surface area contributed by atoms with E-state index >= 15 is 0 Å². The van der Waals surface area contributed by atoms with E-state index in [9.17, 15) is 0 Å². The van der Waals surface area contributed by atoms with Gasteiger partial charge >= 0.3 is 0 Å². The number of anilines is 1. The van der Waals surface area contributed by atoms with Crippen molar-refractivity contribution in [3.05, 3.63) is 54.2 Å². The van der Waals surface area contributed by atoms with Crippen molar-refractivity contribution >= 4 is 28.5 Å². The Morgan fingerprint density at radius 3 is 2.88 bits per heavy atom. The van der Waals surface area contributed by atoms with Crippen molar-refractivity contribution in [2.24, 2.45) is 0 Å². The largest absolute Gasteiger partial charge is 0.374 e. The molecule has 32 heavy (non-hydrogen) atoms. The summed E-state index contributed by atoms with van der Waals surface area (Å²) >= 11 is 6.51. The molecule has 4 heterocycles. The van der Waals surface area contributed by atoms with Gasteiger partial charge in [-0.3, -0.25) is 0 Å². The Morgan fingerprint density at radius 2 is 2.12 bits per heavy atom. The Kier molecular flexibility index (Phi) is 5.93. The Hall–Kier alpha value is -2.41. The number of hydrogen-bond donors (Lipinski definition) is 0. The fourth-order valence-electron chi connectivity index (χ4n) is 5.01. The molecule has 6 nitrogen and oxygen atoms in total. The average Bonchev–Trinajstić information content (AvgIpc) is 3.35. The zero-order valence-electron chi connectivity index (χ0n) is 18.7. The van der Waals surface area contributed by atoms with Gasteiger partial charge in [-0.05, 0) is 51.1 Å². The molecule has 0 spiro atoms. The van der Waals surface area contributed by atoms with E-state index < -0.39 is 0 Å². The first kappa shape index (κ1) is 21.4. The molecule has 7 heteroatoms. The van der Waals surface area contributed by atoms with Crippen LogP contribution in [-0.4, -0.2) is 64.4 Å². The van der Waals surface area contributed by atoms with Crippen LogP contribution in [0.4, 0.5) is 5.82 Å². The Balaban J connectivity index is 1.52. The van der Waals surface area contributed by atoms with Crippen molar-refractivity contribution in [2.75, 3.05) is 31.6 Å². The van der Waals surface area contributed by atoms with E-state index in [0.717, 1.165) is 67.3 Å². The van der Waals surface area contributed by atoms with Crippen molar-refractivity contribution < 1.29 is 4.74 Å². The topological polar surface area (TPSA) is 46.4 Å². The number of imidazole rings is 1. The summed E-state index contributed by atoms with van der Waals surface area (Å²) in [7, 11) is 2.14. The average molecular weight is 452 g/mol. The van der Waals surface area contributed by atoms with Crippen LogP contribution in [-0.2, 0) is 11.3 Å². The van der Waals surface area contributed by atoms with Crippen LogP contribution in [0.15, 0.2) is 49.2 Å². The summed E-state index contributed by atoms with van der Waals surface area (Å²) in [6.45, 7) is 9.59. The maximum absolute atomic E-state index is 6.51. The molecule has 0 amide bonds. The summed E-state index contributed by atoms with van der Waals surface area (Å²) in [5, 5.41) is 0.661. The number of nitrogens with zero attached hydrogens (tertiary/aromatic N) is 5. The fourth-order valence-corrected chi connectivity index (χ4v) is 5.23. The van der Waals surface area contributed by atoms with Gasteiger partial charge in [-0.1, -0.05) is 23.7 Å². The van der Waals surface area contributed by atoms with E-state index in [1.165, 1.54) is 0 Å². The Labute approximate surface area is 194 Å². The summed E-state index contributed by atoms with van der Waals surface area (Å²) in [4.78, 5) is 14.4. The minimum atomic E-state index is 0.106. The third kappa shape index (κ3) is 3.91. The van der Waals surface area contributed by atoms with E-state index in [-0.39, 0.29) is 6.10 Å². The molecule has 2 saturated heterocycles. The molecule has 0 saturated carbocycles. The number of pyridine rings is 1.